The van der Waals surface area contributed by atoms with E-state index >= 15 is 0 Å². The van der Waals surface area contributed by atoms with Crippen molar-refractivity contribution in [2.45, 2.75) is 19.1 Å². The molecule has 0 aromatic heterocycles. The number of nitrogens with zero attached hydrogens (tertiary/aromatic N) is 1. The van der Waals surface area contributed by atoms with Crippen LogP contribution in [0.25, 0.3) is 0 Å². The Balaban J connectivity index is 1.83. The summed E-state index contributed by atoms with van der Waals surface area (Å²) in [7, 11) is 0. The van der Waals surface area contributed by atoms with Gasteiger partial charge in [0.15, 0.2) is 0 Å². The number of thioether (sulfide) groups is 1. The number of nitriles is 1. The van der Waals surface area contributed by atoms with Crippen LogP contribution in [-0.2, 0) is 9.59 Å². The molecule has 2 aromatic carbocycles. The van der Waals surface area contributed by atoms with Gasteiger partial charge in [-0.1, -0.05) is 29.3 Å². The van der Waals surface area contributed by atoms with E-state index in [9.17, 15) is 9.59 Å². The Bertz CT molecular complexity index is 847. The average molecular weight is 388 g/mol. The van der Waals surface area contributed by atoms with E-state index in [2.05, 4.69) is 10.6 Å². The van der Waals surface area contributed by atoms with Gasteiger partial charge in [0.2, 0.25) is 11.8 Å². The Kier molecular flexibility index (Phi) is 7.07. The fourth-order valence-electron chi connectivity index (χ4n) is 2.04. The third kappa shape index (κ3) is 5.80. The number of benzene rings is 2. The zero-order valence-electron chi connectivity index (χ0n) is 14.4. The van der Waals surface area contributed by atoms with Crippen LogP contribution in [0.4, 0.5) is 11.4 Å². The largest absolute Gasteiger partial charge is 0.325 e. The van der Waals surface area contributed by atoms with Gasteiger partial charge in [-0.05, 0) is 44.2 Å². The molecular weight excluding hydrogens is 370 g/mol. The predicted octanol–water partition coefficient (Wildman–Crippen LogP) is 4.22. The van der Waals surface area contributed by atoms with Gasteiger partial charge in [-0.25, -0.2) is 0 Å². The molecule has 7 heteroatoms. The molecule has 2 aromatic rings. The highest BCUT2D eigenvalue weighted by Gasteiger charge is 2.16. The van der Waals surface area contributed by atoms with Crippen LogP contribution < -0.4 is 10.6 Å². The number of hydrogen-bond acceptors (Lipinski definition) is 4. The van der Waals surface area contributed by atoms with E-state index in [-0.39, 0.29) is 22.6 Å². The van der Waals surface area contributed by atoms with Crippen molar-refractivity contribution in [3.63, 3.8) is 0 Å². The molecule has 0 heterocycles. The molecule has 0 fully saturated rings. The van der Waals surface area contributed by atoms with Crippen molar-refractivity contribution >= 4 is 46.6 Å². The van der Waals surface area contributed by atoms with Crippen molar-refractivity contribution in [1.29, 1.82) is 5.26 Å². The molecule has 2 N–H and O–H groups in total. The maximum absolute atomic E-state index is 12.2. The SMILES string of the molecule is Cc1ccc(NC(=O)CSC(C)C(=O)Nc2ccc(C#N)c(Cl)c2)cc1. The van der Waals surface area contributed by atoms with E-state index in [0.717, 1.165) is 11.3 Å². The molecular formula is C19H18ClN3O2S. The Morgan fingerprint density at radius 2 is 1.81 bits per heavy atom. The van der Waals surface area contributed by atoms with Crippen LogP contribution in [-0.4, -0.2) is 22.8 Å². The van der Waals surface area contributed by atoms with Gasteiger partial charge in [0.25, 0.3) is 0 Å². The lowest BCUT2D eigenvalue weighted by molar-refractivity contribution is -0.115. The van der Waals surface area contributed by atoms with Crippen molar-refractivity contribution in [2.24, 2.45) is 0 Å². The van der Waals surface area contributed by atoms with Crippen LogP contribution in [0.2, 0.25) is 5.02 Å². The molecule has 1 atom stereocenters. The van der Waals surface area contributed by atoms with E-state index in [1.165, 1.54) is 17.8 Å². The minimum atomic E-state index is -0.423. The van der Waals surface area contributed by atoms with Crippen LogP contribution in [0.15, 0.2) is 42.5 Å². The molecule has 2 rings (SSSR count). The highest BCUT2D eigenvalue weighted by atomic mass is 35.5. The zero-order chi connectivity index (χ0) is 19.1. The topological polar surface area (TPSA) is 82.0 Å². The number of halogens is 1. The van der Waals surface area contributed by atoms with Crippen LogP contribution in [0.3, 0.4) is 0 Å². The smallest absolute Gasteiger partial charge is 0.237 e. The summed E-state index contributed by atoms with van der Waals surface area (Å²) in [5.41, 5.74) is 2.70. The first-order valence-corrected chi connectivity index (χ1v) is 9.30. The number of aryl methyl sites for hydroxylation is 1. The number of carbonyl (C=O) groups excluding carboxylic acids is 2. The second-order valence-corrected chi connectivity index (χ2v) is 7.40. The van der Waals surface area contributed by atoms with Crippen molar-refractivity contribution in [3.05, 3.63) is 58.6 Å². The third-order valence-electron chi connectivity index (χ3n) is 3.53. The van der Waals surface area contributed by atoms with E-state index in [4.69, 9.17) is 16.9 Å². The van der Waals surface area contributed by atoms with E-state index in [0.29, 0.717) is 11.3 Å². The average Bonchev–Trinajstić information content (AvgIpc) is 2.61. The summed E-state index contributed by atoms with van der Waals surface area (Å²) in [4.78, 5) is 24.2. The first-order chi connectivity index (χ1) is 12.4. The predicted molar refractivity (Wildman–Crippen MR) is 107 cm³/mol. The normalized spacial score (nSPS) is 11.3. The van der Waals surface area contributed by atoms with Crippen LogP contribution >= 0.6 is 23.4 Å². The molecule has 0 radical (unpaired) electrons. The highest BCUT2D eigenvalue weighted by molar-refractivity contribution is 8.01. The van der Waals surface area contributed by atoms with Gasteiger partial charge >= 0.3 is 0 Å². The lowest BCUT2D eigenvalue weighted by atomic mass is 10.2. The van der Waals surface area contributed by atoms with Crippen LogP contribution in [0.1, 0.15) is 18.1 Å². The monoisotopic (exact) mass is 387 g/mol. The summed E-state index contributed by atoms with van der Waals surface area (Å²) in [5, 5.41) is 14.2. The Hall–Kier alpha value is -2.49. The second-order valence-electron chi connectivity index (χ2n) is 5.66. The first kappa shape index (κ1) is 19.8. The number of nitrogens with one attached hydrogen (secondary N) is 2. The van der Waals surface area contributed by atoms with E-state index in [1.807, 2.05) is 37.3 Å². The lowest BCUT2D eigenvalue weighted by Gasteiger charge is -2.12. The molecule has 0 saturated carbocycles. The fraction of sp³-hybridized carbons (Fsp3) is 0.211. The first-order valence-electron chi connectivity index (χ1n) is 7.87. The summed E-state index contributed by atoms with van der Waals surface area (Å²) >= 11 is 7.19. The Labute approximate surface area is 161 Å². The van der Waals surface area contributed by atoms with Crippen molar-refractivity contribution in [2.75, 3.05) is 16.4 Å². The van der Waals surface area contributed by atoms with Crippen molar-refractivity contribution < 1.29 is 9.59 Å². The summed E-state index contributed by atoms with van der Waals surface area (Å²) in [5.74, 6) is -0.241. The number of carbonyl (C=O) groups is 2. The molecule has 134 valence electrons. The minimum absolute atomic E-state index is 0.163. The zero-order valence-corrected chi connectivity index (χ0v) is 15.9. The number of rotatable bonds is 6. The lowest BCUT2D eigenvalue weighted by Crippen LogP contribution is -2.25. The highest BCUT2D eigenvalue weighted by Crippen LogP contribution is 2.21. The quantitative estimate of drug-likeness (QED) is 0.777. The van der Waals surface area contributed by atoms with Gasteiger partial charge in [0.1, 0.15) is 6.07 Å². The molecule has 0 aliphatic rings. The number of hydrogen-bond donors (Lipinski definition) is 2. The molecule has 0 aliphatic carbocycles. The molecule has 1 unspecified atom stereocenters. The summed E-state index contributed by atoms with van der Waals surface area (Å²) < 4.78 is 0. The van der Waals surface area contributed by atoms with Gasteiger partial charge in [-0.3, -0.25) is 9.59 Å². The Morgan fingerprint density at radius 1 is 1.15 bits per heavy atom. The minimum Gasteiger partial charge on any atom is -0.325 e. The second kappa shape index (κ2) is 9.27. The summed E-state index contributed by atoms with van der Waals surface area (Å²) in [6.45, 7) is 3.70. The fourth-order valence-corrected chi connectivity index (χ4v) is 2.94. The summed E-state index contributed by atoms with van der Waals surface area (Å²) in [6.07, 6.45) is 0. The van der Waals surface area contributed by atoms with E-state index in [1.54, 1.807) is 19.1 Å². The summed E-state index contributed by atoms with van der Waals surface area (Å²) in [6, 6.07) is 14.2. The van der Waals surface area contributed by atoms with Gasteiger partial charge in [-0.2, -0.15) is 5.26 Å². The molecule has 5 nitrogen and oxygen atoms in total. The maximum atomic E-state index is 12.2. The number of anilines is 2. The van der Waals surface area contributed by atoms with Gasteiger partial charge < -0.3 is 10.6 Å². The van der Waals surface area contributed by atoms with Crippen LogP contribution in [0, 0.1) is 18.3 Å². The van der Waals surface area contributed by atoms with Gasteiger partial charge in [-0.15, -0.1) is 11.8 Å². The number of amides is 2. The molecule has 0 spiro atoms. The Morgan fingerprint density at radius 3 is 2.42 bits per heavy atom. The van der Waals surface area contributed by atoms with E-state index < -0.39 is 5.25 Å². The molecule has 0 saturated heterocycles. The van der Waals surface area contributed by atoms with Crippen molar-refractivity contribution in [1.82, 2.24) is 0 Å². The van der Waals surface area contributed by atoms with Crippen molar-refractivity contribution in [3.8, 4) is 6.07 Å². The molecule has 0 bridgehead atoms. The van der Waals surface area contributed by atoms with Gasteiger partial charge in [0.05, 0.1) is 21.6 Å². The maximum Gasteiger partial charge on any atom is 0.237 e. The van der Waals surface area contributed by atoms with Crippen LogP contribution in [0.5, 0.6) is 0 Å². The molecule has 0 aliphatic heterocycles. The molecule has 26 heavy (non-hydrogen) atoms. The third-order valence-corrected chi connectivity index (χ3v) is 4.98. The van der Waals surface area contributed by atoms with Gasteiger partial charge in [0, 0.05) is 11.4 Å². The molecule has 2 amide bonds. The standard InChI is InChI=1S/C19H18ClN3O2S/c1-12-3-6-15(7-4-12)22-18(24)11-26-13(2)19(25)23-16-8-5-14(10-21)17(20)9-16/h3-9,13H,11H2,1-2H3,(H,22,24)(H,23,25).